The Kier molecular flexibility index (Phi) is 5.77. The van der Waals surface area contributed by atoms with Gasteiger partial charge >= 0.3 is 6.03 Å². The van der Waals surface area contributed by atoms with E-state index in [1.165, 1.54) is 11.3 Å². The molecule has 3 aromatic rings. The maximum Gasteiger partial charge on any atom is 0.321 e. The van der Waals surface area contributed by atoms with Gasteiger partial charge in [-0.2, -0.15) is 0 Å². The van der Waals surface area contributed by atoms with Crippen molar-refractivity contribution in [2.24, 2.45) is 0 Å². The second-order valence-electron chi connectivity index (χ2n) is 5.46. The summed E-state index contributed by atoms with van der Waals surface area (Å²) < 4.78 is 5.08. The summed E-state index contributed by atoms with van der Waals surface area (Å²) in [6, 6.07) is 17.5. The van der Waals surface area contributed by atoms with Gasteiger partial charge in [-0.25, -0.2) is 9.78 Å². The summed E-state index contributed by atoms with van der Waals surface area (Å²) in [5, 5.41) is 8.11. The molecule has 1 heterocycles. The number of aromatic nitrogens is 1. The molecule has 3 rings (SSSR count). The predicted molar refractivity (Wildman–Crippen MR) is 101 cm³/mol. The summed E-state index contributed by atoms with van der Waals surface area (Å²) in [5.41, 5.74) is 4.02. The minimum atomic E-state index is -0.269. The van der Waals surface area contributed by atoms with Gasteiger partial charge in [0, 0.05) is 24.6 Å². The van der Waals surface area contributed by atoms with E-state index in [4.69, 9.17) is 4.74 Å². The van der Waals surface area contributed by atoms with E-state index in [9.17, 15) is 4.79 Å². The molecule has 0 aliphatic carbocycles. The highest BCUT2D eigenvalue weighted by atomic mass is 32.1. The third-order valence-electron chi connectivity index (χ3n) is 3.58. The first-order valence-electron chi connectivity index (χ1n) is 7.87. The van der Waals surface area contributed by atoms with E-state index < -0.39 is 0 Å². The van der Waals surface area contributed by atoms with Crippen LogP contribution < -0.4 is 10.6 Å². The van der Waals surface area contributed by atoms with E-state index in [0.29, 0.717) is 18.3 Å². The zero-order valence-electron chi connectivity index (χ0n) is 13.9. The van der Waals surface area contributed by atoms with Crippen molar-refractivity contribution >= 4 is 22.5 Å². The molecule has 6 heteroatoms. The highest BCUT2D eigenvalue weighted by molar-refractivity contribution is 7.14. The van der Waals surface area contributed by atoms with E-state index in [0.717, 1.165) is 22.4 Å². The van der Waals surface area contributed by atoms with Crippen molar-refractivity contribution in [2.45, 2.75) is 13.2 Å². The van der Waals surface area contributed by atoms with Gasteiger partial charge in [-0.3, -0.25) is 5.32 Å². The Morgan fingerprint density at radius 3 is 2.52 bits per heavy atom. The van der Waals surface area contributed by atoms with Crippen molar-refractivity contribution < 1.29 is 9.53 Å². The number of carbonyl (C=O) groups is 1. The summed E-state index contributed by atoms with van der Waals surface area (Å²) >= 11 is 1.40. The number of rotatable bonds is 6. The van der Waals surface area contributed by atoms with Crippen molar-refractivity contribution in [1.29, 1.82) is 0 Å². The van der Waals surface area contributed by atoms with Crippen LogP contribution >= 0.6 is 11.3 Å². The van der Waals surface area contributed by atoms with Crippen LogP contribution in [0.5, 0.6) is 0 Å². The number of benzene rings is 2. The predicted octanol–water partition coefficient (Wildman–Crippen LogP) is 4.28. The van der Waals surface area contributed by atoms with Crippen LogP contribution in [0.1, 0.15) is 11.1 Å². The van der Waals surface area contributed by atoms with E-state index in [2.05, 4.69) is 15.6 Å². The van der Waals surface area contributed by atoms with Gasteiger partial charge in [0.25, 0.3) is 0 Å². The molecule has 0 bridgehead atoms. The first-order valence-corrected chi connectivity index (χ1v) is 8.75. The molecule has 128 valence electrons. The van der Waals surface area contributed by atoms with Crippen LogP contribution in [-0.2, 0) is 17.9 Å². The second kappa shape index (κ2) is 8.41. The lowest BCUT2D eigenvalue weighted by atomic mass is 10.1. The van der Waals surface area contributed by atoms with Crippen LogP contribution in [-0.4, -0.2) is 18.1 Å². The molecule has 0 spiro atoms. The van der Waals surface area contributed by atoms with Crippen molar-refractivity contribution in [2.75, 3.05) is 12.4 Å². The number of thiazole rings is 1. The van der Waals surface area contributed by atoms with Gasteiger partial charge in [0.15, 0.2) is 5.13 Å². The Morgan fingerprint density at radius 2 is 1.80 bits per heavy atom. The Labute approximate surface area is 150 Å². The fourth-order valence-electron chi connectivity index (χ4n) is 2.32. The molecule has 2 aromatic carbocycles. The Morgan fingerprint density at radius 1 is 1.08 bits per heavy atom. The number of hydrogen-bond donors (Lipinski definition) is 2. The minimum Gasteiger partial charge on any atom is -0.380 e. The Balaban J connectivity index is 1.52. The molecule has 2 amide bonds. The molecule has 0 aliphatic rings. The molecule has 0 unspecified atom stereocenters. The van der Waals surface area contributed by atoms with Gasteiger partial charge in [0.05, 0.1) is 12.3 Å². The van der Waals surface area contributed by atoms with Gasteiger partial charge in [0.1, 0.15) is 0 Å². The van der Waals surface area contributed by atoms with E-state index in [1.54, 1.807) is 7.11 Å². The van der Waals surface area contributed by atoms with Crippen LogP contribution in [0.15, 0.2) is 60.0 Å². The summed E-state index contributed by atoms with van der Waals surface area (Å²) in [6.07, 6.45) is 0. The van der Waals surface area contributed by atoms with E-state index in [1.807, 2.05) is 60.0 Å². The van der Waals surface area contributed by atoms with E-state index >= 15 is 0 Å². The maximum atomic E-state index is 12.0. The number of urea groups is 1. The summed E-state index contributed by atoms with van der Waals surface area (Å²) in [6.45, 7) is 1.04. The number of carbonyl (C=O) groups excluding carboxylic acids is 1. The van der Waals surface area contributed by atoms with E-state index in [-0.39, 0.29) is 6.03 Å². The molecule has 0 aliphatic heterocycles. The third kappa shape index (κ3) is 4.89. The number of hydrogen-bond acceptors (Lipinski definition) is 4. The molecule has 25 heavy (non-hydrogen) atoms. The number of anilines is 1. The number of nitrogens with zero attached hydrogens (tertiary/aromatic N) is 1. The zero-order chi connectivity index (χ0) is 17.5. The smallest absolute Gasteiger partial charge is 0.321 e. The molecular formula is C19H19N3O2S. The van der Waals surface area contributed by atoms with Gasteiger partial charge in [-0.05, 0) is 11.1 Å². The van der Waals surface area contributed by atoms with Gasteiger partial charge in [-0.1, -0.05) is 54.6 Å². The number of nitrogens with one attached hydrogen (secondary N) is 2. The van der Waals surface area contributed by atoms with Crippen LogP contribution in [0.2, 0.25) is 0 Å². The molecule has 5 nitrogen and oxygen atoms in total. The lowest BCUT2D eigenvalue weighted by molar-refractivity contribution is 0.185. The van der Waals surface area contributed by atoms with Crippen molar-refractivity contribution in [3.8, 4) is 11.3 Å². The largest absolute Gasteiger partial charge is 0.380 e. The standard InChI is InChI=1S/C19H19N3O2S/c1-24-12-15-9-7-14(8-10-15)11-20-18(23)22-19-21-17(13-25-19)16-5-3-2-4-6-16/h2-10,13H,11-12H2,1H3,(H2,20,21,22,23). The van der Waals surface area contributed by atoms with Gasteiger partial charge in [-0.15, -0.1) is 11.3 Å². The van der Waals surface area contributed by atoms with Crippen LogP contribution in [0.4, 0.5) is 9.93 Å². The number of amides is 2. The van der Waals surface area contributed by atoms with Crippen molar-refractivity contribution in [1.82, 2.24) is 10.3 Å². The number of methoxy groups -OCH3 is 1. The number of ether oxygens (including phenoxy) is 1. The lowest BCUT2D eigenvalue weighted by Gasteiger charge is -2.06. The second-order valence-corrected chi connectivity index (χ2v) is 6.32. The Bertz CT molecular complexity index is 816. The quantitative estimate of drug-likeness (QED) is 0.695. The molecule has 0 atom stereocenters. The monoisotopic (exact) mass is 353 g/mol. The lowest BCUT2D eigenvalue weighted by Crippen LogP contribution is -2.28. The first-order chi connectivity index (χ1) is 12.2. The molecule has 0 saturated heterocycles. The van der Waals surface area contributed by atoms with Crippen LogP contribution in [0, 0.1) is 0 Å². The van der Waals surface area contributed by atoms with Gasteiger partial charge in [0.2, 0.25) is 0 Å². The minimum absolute atomic E-state index is 0.269. The molecule has 0 radical (unpaired) electrons. The molecule has 0 saturated carbocycles. The maximum absolute atomic E-state index is 12.0. The summed E-state index contributed by atoms with van der Waals surface area (Å²) in [7, 11) is 1.67. The fourth-order valence-corrected chi connectivity index (χ4v) is 3.03. The summed E-state index contributed by atoms with van der Waals surface area (Å²) in [5.74, 6) is 0. The van der Waals surface area contributed by atoms with Crippen molar-refractivity contribution in [3.05, 3.63) is 71.1 Å². The van der Waals surface area contributed by atoms with Crippen LogP contribution in [0.25, 0.3) is 11.3 Å². The zero-order valence-corrected chi connectivity index (χ0v) is 14.7. The summed E-state index contributed by atoms with van der Waals surface area (Å²) in [4.78, 5) is 16.5. The highest BCUT2D eigenvalue weighted by Crippen LogP contribution is 2.24. The van der Waals surface area contributed by atoms with Crippen molar-refractivity contribution in [3.63, 3.8) is 0 Å². The molecule has 0 fully saturated rings. The first kappa shape index (κ1) is 17.1. The third-order valence-corrected chi connectivity index (χ3v) is 4.34. The molecular weight excluding hydrogens is 334 g/mol. The molecule has 2 N–H and O–H groups in total. The van der Waals surface area contributed by atoms with Gasteiger partial charge < -0.3 is 10.1 Å². The SMILES string of the molecule is COCc1ccc(CNC(=O)Nc2nc(-c3ccccc3)cs2)cc1. The highest BCUT2D eigenvalue weighted by Gasteiger charge is 2.07. The normalized spacial score (nSPS) is 10.4. The molecule has 1 aromatic heterocycles. The topological polar surface area (TPSA) is 63.2 Å². The Hall–Kier alpha value is -2.70. The average Bonchev–Trinajstić information content (AvgIpc) is 3.11. The van der Waals surface area contributed by atoms with Crippen LogP contribution in [0.3, 0.4) is 0 Å². The fraction of sp³-hybridized carbons (Fsp3) is 0.158. The average molecular weight is 353 g/mol.